The zero-order chi connectivity index (χ0) is 19.9. The van der Waals surface area contributed by atoms with Crippen LogP contribution in [0.15, 0.2) is 46.6 Å². The van der Waals surface area contributed by atoms with E-state index in [0.717, 1.165) is 12.8 Å². The molecule has 0 bridgehead atoms. The number of allylic oxidation sites excluding steroid dienone is 8. The monoisotopic (exact) mass is 447 g/mol. The Labute approximate surface area is 171 Å². The van der Waals surface area contributed by atoms with Crippen LogP contribution in [-0.2, 0) is 12.4 Å². The van der Waals surface area contributed by atoms with Crippen LogP contribution in [-0.4, -0.2) is 6.66 Å². The summed E-state index contributed by atoms with van der Waals surface area (Å²) in [6.07, 6.45) is 11.9. The predicted octanol–water partition coefficient (Wildman–Crippen LogP) is 8.41. The minimum atomic E-state index is -3.84. The molecule has 0 aromatic carbocycles. The first-order valence-corrected chi connectivity index (χ1v) is 21.9. The van der Waals surface area contributed by atoms with Crippen LogP contribution in [0.2, 0.25) is 21.5 Å². The van der Waals surface area contributed by atoms with Gasteiger partial charge in [0.1, 0.15) is 0 Å². The van der Waals surface area contributed by atoms with Crippen molar-refractivity contribution in [3.05, 3.63) is 46.6 Å². The Balaban J connectivity index is 2.50. The van der Waals surface area contributed by atoms with Gasteiger partial charge in [0.05, 0.1) is 0 Å². The van der Waals surface area contributed by atoms with Gasteiger partial charge in [-0.05, 0) is 0 Å². The molecule has 2 aliphatic rings. The molecule has 147 valence electrons. The second-order valence-electron chi connectivity index (χ2n) is 9.79. The standard InChI is InChI=1S/2C10H15.C2H7Si.2ClH.Ti/c2*1-8(2)6-10-5-4-9(3)7-10;1-3-2;;;/h2*4-5,7-8H,6H2,1-3H3;3H,1-2H3;2*1H;/q;;;;;+2/p-2. The van der Waals surface area contributed by atoms with Gasteiger partial charge in [0.2, 0.25) is 0 Å². The Hall–Kier alpha value is 0.471. The molecule has 0 saturated heterocycles. The van der Waals surface area contributed by atoms with E-state index in [4.69, 9.17) is 18.6 Å². The number of halogens is 2. The van der Waals surface area contributed by atoms with E-state index in [1.165, 1.54) is 22.3 Å². The third-order valence-electron chi connectivity index (χ3n) is 6.15. The molecule has 4 heteroatoms. The molecule has 0 aliphatic heterocycles. The van der Waals surface area contributed by atoms with Gasteiger partial charge in [-0.1, -0.05) is 0 Å². The van der Waals surface area contributed by atoms with Crippen LogP contribution in [0, 0.1) is 11.8 Å². The van der Waals surface area contributed by atoms with E-state index in [9.17, 15) is 0 Å². The van der Waals surface area contributed by atoms with Crippen molar-refractivity contribution in [3.8, 4) is 0 Å². The van der Waals surface area contributed by atoms with E-state index >= 15 is 0 Å². The first-order chi connectivity index (χ1) is 11.9. The normalized spacial score (nSPS) is 25.3. The van der Waals surface area contributed by atoms with Gasteiger partial charge in [0.15, 0.2) is 0 Å². The topological polar surface area (TPSA) is 0 Å². The Bertz CT molecular complexity index is 628. The Morgan fingerprint density at radius 1 is 0.846 bits per heavy atom. The zero-order valence-electron chi connectivity index (χ0n) is 17.9. The molecule has 0 heterocycles. The molecule has 0 aromatic heterocycles. The summed E-state index contributed by atoms with van der Waals surface area (Å²) in [6, 6.07) is 0. The Kier molecular flexibility index (Phi) is 7.06. The van der Waals surface area contributed by atoms with E-state index in [-0.39, 0.29) is 0 Å². The van der Waals surface area contributed by atoms with Gasteiger partial charge < -0.3 is 0 Å². The second-order valence-corrected chi connectivity index (χ2v) is 39.2. The van der Waals surface area contributed by atoms with Crippen LogP contribution in [0.3, 0.4) is 0 Å². The fourth-order valence-electron chi connectivity index (χ4n) is 4.85. The van der Waals surface area contributed by atoms with Crippen molar-refractivity contribution >= 4 is 25.3 Å². The average molecular weight is 448 g/mol. The molecule has 26 heavy (non-hydrogen) atoms. The summed E-state index contributed by atoms with van der Waals surface area (Å²) in [7, 11) is 15.6. The summed E-state index contributed by atoms with van der Waals surface area (Å²) in [4.78, 5) is 0. The van der Waals surface area contributed by atoms with Crippen molar-refractivity contribution in [1.82, 2.24) is 0 Å². The molecule has 2 aliphatic carbocycles. The first kappa shape index (κ1) is 22.8. The van der Waals surface area contributed by atoms with Crippen LogP contribution < -0.4 is 0 Å². The van der Waals surface area contributed by atoms with E-state index in [1.54, 1.807) is 0 Å². The molecule has 0 radical (unpaired) electrons. The third-order valence-corrected chi connectivity index (χ3v) is 42.0. The number of rotatable bonds is 7. The van der Waals surface area contributed by atoms with Crippen molar-refractivity contribution in [1.29, 1.82) is 0 Å². The third kappa shape index (κ3) is 4.23. The maximum absolute atomic E-state index is 7.78. The van der Waals surface area contributed by atoms with Crippen LogP contribution in [0.1, 0.15) is 54.4 Å². The SMILES string of the molecule is CC1=CC(CC(C)C)=C[CH]1[Ti]([Cl])([Cl])([CH]1C=C(CC(C)C)C=C1C)[SiH](C)C. The molecule has 0 nitrogen and oxygen atoms in total. The fraction of sp³-hybridized carbons (Fsp3) is 0.636. The van der Waals surface area contributed by atoms with E-state index in [2.05, 4.69) is 78.9 Å². The Morgan fingerprint density at radius 2 is 1.19 bits per heavy atom. The predicted molar refractivity (Wildman–Crippen MR) is 121 cm³/mol. The van der Waals surface area contributed by atoms with E-state index in [0.29, 0.717) is 20.3 Å². The fourth-order valence-corrected chi connectivity index (χ4v) is 25.1. The molecular formula is C22H37Cl2SiTi. The molecule has 0 amide bonds. The summed E-state index contributed by atoms with van der Waals surface area (Å²) >= 11 is -3.84. The van der Waals surface area contributed by atoms with Crippen molar-refractivity contribution in [2.24, 2.45) is 11.8 Å². The summed E-state index contributed by atoms with van der Waals surface area (Å²) in [5.41, 5.74) is 5.70. The van der Waals surface area contributed by atoms with Gasteiger partial charge in [-0.15, -0.1) is 0 Å². The second kappa shape index (κ2) is 8.07. The quantitative estimate of drug-likeness (QED) is 0.343. The molecule has 2 atom stereocenters. The van der Waals surface area contributed by atoms with Gasteiger partial charge in [0, 0.05) is 0 Å². The first-order valence-electron chi connectivity index (χ1n) is 10.2. The van der Waals surface area contributed by atoms with Gasteiger partial charge in [-0.3, -0.25) is 0 Å². The van der Waals surface area contributed by atoms with Crippen molar-refractivity contribution in [2.45, 2.75) is 75.9 Å². The molecule has 0 spiro atoms. The molecular weight excluding hydrogens is 411 g/mol. The van der Waals surface area contributed by atoms with Gasteiger partial charge >= 0.3 is 172 Å². The molecule has 0 saturated carbocycles. The number of hydrogen-bond acceptors (Lipinski definition) is 0. The summed E-state index contributed by atoms with van der Waals surface area (Å²) < 4.78 is 0.581. The summed E-state index contributed by atoms with van der Waals surface area (Å²) in [5.74, 6) is 1.32. The maximum atomic E-state index is 7.78. The van der Waals surface area contributed by atoms with Gasteiger partial charge in [0.25, 0.3) is 0 Å². The number of hydrogen-bond donors (Lipinski definition) is 0. The zero-order valence-corrected chi connectivity index (χ0v) is 22.1. The van der Waals surface area contributed by atoms with Crippen LogP contribution in [0.25, 0.3) is 0 Å². The van der Waals surface area contributed by atoms with Crippen LogP contribution in [0.4, 0.5) is 0 Å². The molecule has 2 rings (SSSR count). The molecule has 2 unspecified atom stereocenters. The average Bonchev–Trinajstić information content (AvgIpc) is 3.01. The Morgan fingerprint density at radius 3 is 1.46 bits per heavy atom. The molecule has 0 N–H and O–H groups in total. The van der Waals surface area contributed by atoms with Crippen molar-refractivity contribution in [3.63, 3.8) is 0 Å². The summed E-state index contributed by atoms with van der Waals surface area (Å²) in [6.45, 7) is 17.1. The molecule has 0 aromatic rings. The van der Waals surface area contributed by atoms with E-state index in [1.807, 2.05) is 0 Å². The van der Waals surface area contributed by atoms with Gasteiger partial charge in [-0.2, -0.15) is 0 Å². The van der Waals surface area contributed by atoms with Crippen molar-refractivity contribution in [2.75, 3.05) is 0 Å². The van der Waals surface area contributed by atoms with Gasteiger partial charge in [-0.25, -0.2) is 0 Å². The minimum absolute atomic E-state index is 0.291. The molecule has 0 fully saturated rings. The van der Waals surface area contributed by atoms with Crippen LogP contribution >= 0.6 is 18.6 Å². The summed E-state index contributed by atoms with van der Waals surface area (Å²) in [5, 5.41) is 0. The van der Waals surface area contributed by atoms with E-state index < -0.39 is 19.1 Å². The van der Waals surface area contributed by atoms with Crippen molar-refractivity contribution < 1.29 is 12.4 Å². The van der Waals surface area contributed by atoms with Crippen LogP contribution in [0.5, 0.6) is 0 Å².